The number of ether oxygens (including phenoxy) is 1. The maximum Gasteiger partial charge on any atom is 0.245 e. The number of nitrogens with one attached hydrogen (secondary N) is 2. The second-order valence-corrected chi connectivity index (χ2v) is 10.9. The molecule has 2 aliphatic heterocycles. The zero-order chi connectivity index (χ0) is 28.5. The van der Waals surface area contributed by atoms with Gasteiger partial charge in [0.05, 0.1) is 12.6 Å². The lowest BCUT2D eigenvalue weighted by Crippen LogP contribution is -2.50. The molecule has 4 aromatic rings. The molecule has 0 radical (unpaired) electrons. The molecule has 10 nitrogen and oxygen atoms in total. The van der Waals surface area contributed by atoms with Crippen LogP contribution in [0, 0.1) is 5.92 Å². The number of aromatic hydroxyl groups is 1. The predicted molar refractivity (Wildman–Crippen MR) is 153 cm³/mol. The molecular formula is C31H34N6O4. The van der Waals surface area contributed by atoms with Gasteiger partial charge < -0.3 is 25.4 Å². The van der Waals surface area contributed by atoms with Crippen molar-refractivity contribution in [1.29, 1.82) is 0 Å². The van der Waals surface area contributed by atoms with Crippen molar-refractivity contribution in [1.82, 2.24) is 30.5 Å². The summed E-state index contributed by atoms with van der Waals surface area (Å²) >= 11 is 0. The van der Waals surface area contributed by atoms with Crippen molar-refractivity contribution in [3.8, 4) is 11.5 Å². The van der Waals surface area contributed by atoms with Gasteiger partial charge in [-0.3, -0.25) is 9.59 Å². The first kappa shape index (κ1) is 26.8. The third-order valence-corrected chi connectivity index (χ3v) is 8.23. The highest BCUT2D eigenvalue weighted by Gasteiger charge is 2.42. The number of aromatic nitrogens is 3. The van der Waals surface area contributed by atoms with E-state index in [0.29, 0.717) is 26.1 Å². The molecule has 10 heteroatoms. The molecule has 3 atom stereocenters. The Morgan fingerprint density at radius 1 is 1.10 bits per heavy atom. The second-order valence-electron chi connectivity index (χ2n) is 10.9. The van der Waals surface area contributed by atoms with Gasteiger partial charge in [-0.05, 0) is 83.8 Å². The minimum Gasteiger partial charge on any atom is -0.508 e. The first-order chi connectivity index (χ1) is 19.9. The molecular weight excluding hydrogens is 520 g/mol. The van der Waals surface area contributed by atoms with Gasteiger partial charge in [0.2, 0.25) is 11.8 Å². The number of hydrogen-bond donors (Lipinski definition) is 3. The van der Waals surface area contributed by atoms with E-state index in [1.807, 2.05) is 55.6 Å². The van der Waals surface area contributed by atoms with Gasteiger partial charge in [0, 0.05) is 26.7 Å². The van der Waals surface area contributed by atoms with E-state index >= 15 is 0 Å². The number of aryl methyl sites for hydroxylation is 1. The molecule has 0 saturated carbocycles. The van der Waals surface area contributed by atoms with Crippen molar-refractivity contribution in [2.75, 3.05) is 20.2 Å². The lowest BCUT2D eigenvalue weighted by Gasteiger charge is -2.32. The van der Waals surface area contributed by atoms with E-state index in [9.17, 15) is 14.7 Å². The van der Waals surface area contributed by atoms with Crippen LogP contribution in [0.15, 0.2) is 60.7 Å². The van der Waals surface area contributed by atoms with Crippen LogP contribution in [0.2, 0.25) is 0 Å². The molecule has 3 heterocycles. The summed E-state index contributed by atoms with van der Waals surface area (Å²) in [7, 11) is 3.48. The highest BCUT2D eigenvalue weighted by atomic mass is 16.5. The summed E-state index contributed by atoms with van der Waals surface area (Å²) in [5.74, 6) is 0.824. The summed E-state index contributed by atoms with van der Waals surface area (Å²) < 4.78 is 7.00. The number of rotatable bonds is 7. The Hall–Kier alpha value is -4.44. The van der Waals surface area contributed by atoms with E-state index in [4.69, 9.17) is 4.74 Å². The number of hydrogen-bond acceptors (Lipinski definition) is 7. The number of likely N-dealkylation sites (tertiary alicyclic amines) is 1. The lowest BCUT2D eigenvalue weighted by molar-refractivity contribution is -0.140. The molecule has 41 heavy (non-hydrogen) atoms. The van der Waals surface area contributed by atoms with Crippen molar-refractivity contribution in [2.45, 2.75) is 37.9 Å². The number of phenols is 1. The van der Waals surface area contributed by atoms with Crippen LogP contribution in [-0.4, -0.2) is 63.1 Å². The zero-order valence-corrected chi connectivity index (χ0v) is 23.2. The van der Waals surface area contributed by atoms with E-state index < -0.39 is 12.1 Å². The van der Waals surface area contributed by atoms with Crippen molar-refractivity contribution < 1.29 is 19.4 Å². The Kier molecular flexibility index (Phi) is 7.32. The summed E-state index contributed by atoms with van der Waals surface area (Å²) in [4.78, 5) is 29.4. The maximum absolute atomic E-state index is 14.1. The third-order valence-electron chi connectivity index (χ3n) is 8.23. The highest BCUT2D eigenvalue weighted by Crippen LogP contribution is 2.33. The number of nitrogens with zero attached hydrogens (tertiary/aromatic N) is 4. The topological polar surface area (TPSA) is 122 Å². The molecule has 3 aromatic carbocycles. The van der Waals surface area contributed by atoms with Gasteiger partial charge in [0.25, 0.3) is 0 Å². The quantitative estimate of drug-likeness (QED) is 0.321. The zero-order valence-electron chi connectivity index (χ0n) is 23.2. The van der Waals surface area contributed by atoms with Crippen molar-refractivity contribution >= 4 is 22.8 Å². The summed E-state index contributed by atoms with van der Waals surface area (Å²) in [5, 5.41) is 24.6. The summed E-state index contributed by atoms with van der Waals surface area (Å²) in [6.45, 7) is 1.44. The van der Waals surface area contributed by atoms with Gasteiger partial charge in [0.15, 0.2) is 0 Å². The van der Waals surface area contributed by atoms with E-state index in [0.717, 1.165) is 51.9 Å². The first-order valence-corrected chi connectivity index (χ1v) is 13.9. The molecule has 0 bridgehead atoms. The molecule has 0 spiro atoms. The number of carbonyl (C=O) groups excluding carboxylic acids is 2. The number of methoxy groups -OCH3 is 1. The number of amides is 2. The number of phenolic OH excluding ortho intramolecular Hbond substituents is 1. The largest absolute Gasteiger partial charge is 0.508 e. The number of fused-ring (bicyclic) bond motifs is 2. The summed E-state index contributed by atoms with van der Waals surface area (Å²) in [5.41, 5.74) is 5.55. The normalized spacial score (nSPS) is 20.1. The van der Waals surface area contributed by atoms with Crippen LogP contribution >= 0.6 is 0 Å². The van der Waals surface area contributed by atoms with E-state index in [-0.39, 0.29) is 23.5 Å². The first-order valence-electron chi connectivity index (χ1n) is 13.9. The maximum atomic E-state index is 14.1. The molecule has 1 aromatic heterocycles. The summed E-state index contributed by atoms with van der Waals surface area (Å²) in [6.07, 6.45) is 2.05. The third kappa shape index (κ3) is 5.47. The molecule has 0 aliphatic carbocycles. The molecule has 2 aliphatic rings. The van der Waals surface area contributed by atoms with Gasteiger partial charge >= 0.3 is 0 Å². The fourth-order valence-electron chi connectivity index (χ4n) is 6.10. The van der Waals surface area contributed by atoms with E-state index in [2.05, 4.69) is 20.9 Å². The molecule has 1 saturated heterocycles. The van der Waals surface area contributed by atoms with Crippen molar-refractivity contribution in [2.24, 2.45) is 13.0 Å². The van der Waals surface area contributed by atoms with Crippen LogP contribution < -0.4 is 15.4 Å². The summed E-state index contributed by atoms with van der Waals surface area (Å²) in [6, 6.07) is 17.7. The second kappa shape index (κ2) is 11.2. The van der Waals surface area contributed by atoms with Gasteiger partial charge in [-0.2, -0.15) is 0 Å². The van der Waals surface area contributed by atoms with E-state index in [1.54, 1.807) is 28.8 Å². The standard InChI is InChI=1S/C31H34N6O4/c1-36-27-10-5-20(14-26(27)34-35-36)17-33-30(39)28-15-21(13-19-3-7-24(41-2)8-4-19)18-37(28)31(40)29-25-9-6-23(38)16-22(25)11-12-32-29/h3-10,14,16,21,28-29,32,38H,11-13,15,17-18H2,1-2H3,(H,33,39)/t21-,28+,29?/m1/s1. The minimum absolute atomic E-state index is 0.116. The Balaban J connectivity index is 1.22. The van der Waals surface area contributed by atoms with Gasteiger partial charge in [-0.25, -0.2) is 4.68 Å². The molecule has 6 rings (SSSR count). The van der Waals surface area contributed by atoms with Crippen LogP contribution in [0.1, 0.15) is 34.7 Å². The molecule has 1 unspecified atom stereocenters. The van der Waals surface area contributed by atoms with Crippen LogP contribution in [0.4, 0.5) is 0 Å². The highest BCUT2D eigenvalue weighted by molar-refractivity contribution is 5.91. The molecule has 212 valence electrons. The lowest BCUT2D eigenvalue weighted by atomic mass is 9.93. The minimum atomic E-state index is -0.588. The molecule has 2 amide bonds. The SMILES string of the molecule is COc1ccc(C[C@@H]2C[C@@H](C(=O)NCc3ccc4c(c3)nnn4C)N(C(=O)C3NCCc4cc(O)ccc43)C2)cc1. The Labute approximate surface area is 238 Å². The average molecular weight is 555 g/mol. The average Bonchev–Trinajstić information content (AvgIpc) is 3.58. The van der Waals surface area contributed by atoms with Crippen molar-refractivity contribution in [3.63, 3.8) is 0 Å². The smallest absolute Gasteiger partial charge is 0.245 e. The van der Waals surface area contributed by atoms with Crippen LogP contribution in [-0.2, 0) is 36.0 Å². The Morgan fingerprint density at radius 2 is 1.90 bits per heavy atom. The number of benzene rings is 3. The van der Waals surface area contributed by atoms with Crippen molar-refractivity contribution in [3.05, 3.63) is 82.9 Å². The molecule has 3 N–H and O–H groups in total. The van der Waals surface area contributed by atoms with E-state index in [1.165, 1.54) is 0 Å². The fraction of sp³-hybridized carbons (Fsp3) is 0.355. The molecule has 1 fully saturated rings. The monoisotopic (exact) mass is 554 g/mol. The van der Waals surface area contributed by atoms with Crippen LogP contribution in [0.3, 0.4) is 0 Å². The van der Waals surface area contributed by atoms with Gasteiger partial charge in [0.1, 0.15) is 29.1 Å². The van der Waals surface area contributed by atoms with Crippen LogP contribution in [0.5, 0.6) is 11.5 Å². The van der Waals surface area contributed by atoms with Gasteiger partial charge in [-0.1, -0.05) is 29.5 Å². The van der Waals surface area contributed by atoms with Gasteiger partial charge in [-0.15, -0.1) is 5.10 Å². The fourth-order valence-corrected chi connectivity index (χ4v) is 6.10. The Morgan fingerprint density at radius 3 is 2.71 bits per heavy atom. The predicted octanol–water partition coefficient (Wildman–Crippen LogP) is 2.65. The number of carbonyl (C=O) groups is 2. The van der Waals surface area contributed by atoms with Crippen LogP contribution in [0.25, 0.3) is 11.0 Å². The Bertz CT molecular complexity index is 1580.